The number of aryl methyl sites for hydroxylation is 2. The number of hydrogen-bond acceptors (Lipinski definition) is 10. The minimum atomic E-state index is -0.518. The summed E-state index contributed by atoms with van der Waals surface area (Å²) in [7, 11) is 1.62. The number of carbonyl (C=O) groups excluding carboxylic acids is 2. The fraction of sp³-hybridized carbons (Fsp3) is 0.206. The first-order valence-electron chi connectivity index (χ1n) is 15.0. The second-order valence-electron chi connectivity index (χ2n) is 11.1. The molecule has 0 radical (unpaired) electrons. The van der Waals surface area contributed by atoms with Crippen molar-refractivity contribution in [1.82, 2.24) is 25.1 Å². The first-order valence-corrected chi connectivity index (χ1v) is 16.8. The van der Waals surface area contributed by atoms with E-state index in [-0.39, 0.29) is 35.5 Å². The van der Waals surface area contributed by atoms with Gasteiger partial charge >= 0.3 is 0 Å². The van der Waals surface area contributed by atoms with E-state index in [1.54, 1.807) is 23.5 Å². The molecule has 0 saturated heterocycles. The fourth-order valence-electron chi connectivity index (χ4n) is 5.32. The maximum atomic E-state index is 13.9. The molecule has 12 nitrogen and oxygen atoms in total. The molecule has 2 amide bonds. The molecule has 1 N–H and O–H groups in total. The van der Waals surface area contributed by atoms with E-state index in [1.807, 2.05) is 78.4 Å². The molecule has 0 fully saturated rings. The predicted octanol–water partition coefficient (Wildman–Crippen LogP) is 6.26. The number of thioether (sulfide) groups is 1. The van der Waals surface area contributed by atoms with Gasteiger partial charge in [0.15, 0.2) is 11.0 Å². The van der Waals surface area contributed by atoms with E-state index in [0.29, 0.717) is 17.4 Å². The number of thiophene rings is 1. The van der Waals surface area contributed by atoms with Crippen molar-refractivity contribution >= 4 is 46.3 Å². The molecule has 6 rings (SSSR count). The average Bonchev–Trinajstić information content (AvgIpc) is 3.88. The zero-order valence-electron chi connectivity index (χ0n) is 26.3. The SMILES string of the molecule is COc1ccc([C@H]2CC(c3cccs3)=NN2C(=O)CSc2nnc(CNC(=O)c3ccc([N+](=O)[O-])cc3)n2-c2cc(C)ccc2C)cc1. The number of nitrogens with one attached hydrogen (secondary N) is 1. The third-order valence-electron chi connectivity index (χ3n) is 7.85. The van der Waals surface area contributed by atoms with Crippen molar-refractivity contribution in [2.45, 2.75) is 38.0 Å². The van der Waals surface area contributed by atoms with E-state index < -0.39 is 10.8 Å². The molecule has 48 heavy (non-hydrogen) atoms. The Balaban J connectivity index is 1.24. The summed E-state index contributed by atoms with van der Waals surface area (Å²) in [4.78, 5) is 38.3. The summed E-state index contributed by atoms with van der Waals surface area (Å²) in [5.74, 6) is 0.643. The van der Waals surface area contributed by atoms with Gasteiger partial charge in [-0.05, 0) is 72.3 Å². The number of amides is 2. The number of methoxy groups -OCH3 is 1. The van der Waals surface area contributed by atoms with Crippen LogP contribution in [-0.2, 0) is 11.3 Å². The minimum Gasteiger partial charge on any atom is -0.497 e. The van der Waals surface area contributed by atoms with Crippen LogP contribution in [-0.4, -0.2) is 55.1 Å². The number of non-ortho nitro benzene ring substituents is 1. The summed E-state index contributed by atoms with van der Waals surface area (Å²) < 4.78 is 7.18. The molecule has 2 aromatic heterocycles. The normalized spacial score (nSPS) is 14.1. The Bertz CT molecular complexity index is 1990. The molecule has 1 atom stereocenters. The Morgan fingerprint density at radius 1 is 1.06 bits per heavy atom. The number of hydrogen-bond donors (Lipinski definition) is 1. The number of ether oxygens (including phenoxy) is 1. The number of hydrazone groups is 1. The number of aromatic nitrogens is 3. The average molecular weight is 682 g/mol. The maximum absolute atomic E-state index is 13.9. The Labute approximate surface area is 284 Å². The van der Waals surface area contributed by atoms with E-state index in [9.17, 15) is 19.7 Å². The van der Waals surface area contributed by atoms with E-state index >= 15 is 0 Å². The van der Waals surface area contributed by atoms with Crippen molar-refractivity contribution < 1.29 is 19.2 Å². The Kier molecular flexibility index (Phi) is 9.64. The molecular weight excluding hydrogens is 651 g/mol. The summed E-state index contributed by atoms with van der Waals surface area (Å²) in [6, 6.07) is 22.7. The smallest absolute Gasteiger partial charge is 0.269 e. The molecule has 1 aliphatic rings. The molecule has 3 aromatic carbocycles. The molecule has 14 heteroatoms. The second-order valence-corrected chi connectivity index (χ2v) is 12.9. The van der Waals surface area contributed by atoms with E-state index in [1.165, 1.54) is 36.0 Å². The van der Waals surface area contributed by atoms with Gasteiger partial charge in [-0.25, -0.2) is 5.01 Å². The molecule has 0 spiro atoms. The molecule has 1 aliphatic heterocycles. The zero-order chi connectivity index (χ0) is 33.8. The standard InChI is InChI=1S/C34H31N7O5S2/c1-21-6-7-22(2)28(17-21)39-31(19-35-33(43)24-8-12-25(13-9-24)41(44)45)36-37-34(39)48-20-32(42)40-29(23-10-14-26(46-3)15-11-23)18-27(38-40)30-5-4-16-47-30/h4-17,29H,18-20H2,1-3H3,(H,35,43)/t29-/m1/s1. The molecule has 0 unspecified atom stereocenters. The van der Waals surface area contributed by atoms with E-state index in [2.05, 4.69) is 15.5 Å². The van der Waals surface area contributed by atoms with Crippen LogP contribution in [0.5, 0.6) is 5.75 Å². The van der Waals surface area contributed by atoms with Gasteiger partial charge in [0.25, 0.3) is 17.5 Å². The summed E-state index contributed by atoms with van der Waals surface area (Å²) >= 11 is 2.83. The van der Waals surface area contributed by atoms with Crippen LogP contribution in [0.4, 0.5) is 5.69 Å². The lowest BCUT2D eigenvalue weighted by atomic mass is 10.0. The summed E-state index contributed by atoms with van der Waals surface area (Å²) in [5, 5.41) is 31.5. The van der Waals surface area contributed by atoms with Gasteiger partial charge in [0.2, 0.25) is 0 Å². The van der Waals surface area contributed by atoms with Gasteiger partial charge in [0.1, 0.15) is 5.75 Å². The topological polar surface area (TPSA) is 145 Å². The van der Waals surface area contributed by atoms with Crippen LogP contribution in [0.3, 0.4) is 0 Å². The largest absolute Gasteiger partial charge is 0.497 e. The Morgan fingerprint density at radius 3 is 2.52 bits per heavy atom. The second kappa shape index (κ2) is 14.2. The van der Waals surface area contributed by atoms with Gasteiger partial charge in [-0.15, -0.1) is 21.5 Å². The Hall–Kier alpha value is -5.34. The van der Waals surface area contributed by atoms with E-state index in [4.69, 9.17) is 9.84 Å². The van der Waals surface area contributed by atoms with Gasteiger partial charge < -0.3 is 10.1 Å². The monoisotopic (exact) mass is 681 g/mol. The lowest BCUT2D eigenvalue weighted by molar-refractivity contribution is -0.384. The third-order valence-corrected chi connectivity index (χ3v) is 9.68. The molecule has 0 saturated carbocycles. The number of rotatable bonds is 11. The zero-order valence-corrected chi connectivity index (χ0v) is 28.0. The first kappa shape index (κ1) is 32.6. The molecule has 5 aromatic rings. The Morgan fingerprint density at radius 2 is 1.83 bits per heavy atom. The molecular formula is C34H31N7O5S2. The quantitative estimate of drug-likeness (QED) is 0.0977. The van der Waals surface area contributed by atoms with Crippen LogP contribution in [0.15, 0.2) is 94.5 Å². The summed E-state index contributed by atoms with van der Waals surface area (Å²) in [5.41, 5.74) is 4.79. The van der Waals surface area contributed by atoms with Gasteiger partial charge in [-0.1, -0.05) is 42.1 Å². The fourth-order valence-corrected chi connectivity index (χ4v) is 6.85. The number of benzene rings is 3. The van der Waals surface area contributed by atoms with Gasteiger partial charge in [0, 0.05) is 24.1 Å². The van der Waals surface area contributed by atoms with Crippen molar-refractivity contribution in [2.24, 2.45) is 5.10 Å². The van der Waals surface area contributed by atoms with Crippen LogP contribution >= 0.6 is 23.1 Å². The highest BCUT2D eigenvalue weighted by Crippen LogP contribution is 2.35. The van der Waals surface area contributed by atoms with E-state index in [0.717, 1.165) is 38.7 Å². The number of nitrogens with zero attached hydrogens (tertiary/aromatic N) is 6. The van der Waals surface area contributed by atoms with Crippen LogP contribution < -0.4 is 10.1 Å². The van der Waals surface area contributed by atoms with Gasteiger partial charge in [-0.2, -0.15) is 5.10 Å². The van der Waals surface area contributed by atoms with Crippen molar-refractivity contribution in [2.75, 3.05) is 12.9 Å². The van der Waals surface area contributed by atoms with Crippen LogP contribution in [0.1, 0.15) is 50.2 Å². The number of nitro groups is 1. The van der Waals surface area contributed by atoms with Crippen molar-refractivity contribution in [3.63, 3.8) is 0 Å². The molecule has 244 valence electrons. The van der Waals surface area contributed by atoms with Crippen LogP contribution in [0.25, 0.3) is 5.69 Å². The molecule has 0 bridgehead atoms. The van der Waals surface area contributed by atoms with Crippen LogP contribution in [0.2, 0.25) is 0 Å². The molecule has 3 heterocycles. The van der Waals surface area contributed by atoms with Crippen molar-refractivity contribution in [1.29, 1.82) is 0 Å². The van der Waals surface area contributed by atoms with Crippen LogP contribution in [0, 0.1) is 24.0 Å². The molecule has 0 aliphatic carbocycles. The van der Waals surface area contributed by atoms with Crippen molar-refractivity contribution in [3.05, 3.63) is 127 Å². The predicted molar refractivity (Wildman–Crippen MR) is 184 cm³/mol. The summed E-state index contributed by atoms with van der Waals surface area (Å²) in [6.45, 7) is 3.98. The third kappa shape index (κ3) is 6.99. The minimum absolute atomic E-state index is 0.0326. The highest BCUT2D eigenvalue weighted by atomic mass is 32.2. The van der Waals surface area contributed by atoms with Gasteiger partial charge in [-0.3, -0.25) is 24.3 Å². The van der Waals surface area contributed by atoms with Crippen molar-refractivity contribution in [3.8, 4) is 11.4 Å². The number of nitro benzene ring substituents is 1. The maximum Gasteiger partial charge on any atom is 0.269 e. The lowest BCUT2D eigenvalue weighted by Gasteiger charge is -2.22. The highest BCUT2D eigenvalue weighted by Gasteiger charge is 2.34. The highest BCUT2D eigenvalue weighted by molar-refractivity contribution is 7.99. The summed E-state index contributed by atoms with van der Waals surface area (Å²) in [6.07, 6.45) is 0.584. The lowest BCUT2D eigenvalue weighted by Crippen LogP contribution is -2.28. The number of carbonyl (C=O) groups is 2. The first-order chi connectivity index (χ1) is 23.2. The van der Waals surface area contributed by atoms with Gasteiger partial charge in [0.05, 0.1) is 46.6 Å².